The zero-order valence-electron chi connectivity index (χ0n) is 9.66. The van der Waals surface area contributed by atoms with Gasteiger partial charge in [-0.2, -0.15) is 0 Å². The number of carbonyl (C=O) groups is 1. The molecule has 1 fully saturated rings. The van der Waals surface area contributed by atoms with E-state index in [2.05, 4.69) is 10.6 Å². The Hall–Kier alpha value is -0.690. The van der Waals surface area contributed by atoms with Gasteiger partial charge in [0.1, 0.15) is 0 Å². The van der Waals surface area contributed by atoms with Crippen molar-refractivity contribution in [3.63, 3.8) is 0 Å². The first-order valence-corrected chi connectivity index (χ1v) is 5.48. The van der Waals surface area contributed by atoms with Crippen LogP contribution in [0.15, 0.2) is 0 Å². The minimum Gasteiger partial charge on any atom is -0.383 e. The zero-order valence-corrected chi connectivity index (χ0v) is 9.66. The minimum absolute atomic E-state index is 0.0170. The minimum atomic E-state index is -0.0368. The summed E-state index contributed by atoms with van der Waals surface area (Å²) in [6.45, 7) is 3.88. The second-order valence-electron chi connectivity index (χ2n) is 3.54. The molecular formula is C10H20N2O4. The van der Waals surface area contributed by atoms with Gasteiger partial charge in [-0.25, -0.2) is 0 Å². The highest BCUT2D eigenvalue weighted by Gasteiger charge is 2.14. The van der Waals surface area contributed by atoms with Gasteiger partial charge in [0, 0.05) is 20.2 Å². The Labute approximate surface area is 95.6 Å². The summed E-state index contributed by atoms with van der Waals surface area (Å²) in [6.07, 6.45) is -0.0170. The summed E-state index contributed by atoms with van der Waals surface area (Å²) in [6, 6.07) is 0. The molecule has 6 nitrogen and oxygen atoms in total. The molecule has 1 atom stereocenters. The molecule has 6 heteroatoms. The van der Waals surface area contributed by atoms with Crippen molar-refractivity contribution in [3.05, 3.63) is 0 Å². The Morgan fingerprint density at radius 3 is 3.06 bits per heavy atom. The fourth-order valence-electron chi connectivity index (χ4n) is 1.32. The van der Waals surface area contributed by atoms with Crippen LogP contribution in [-0.4, -0.2) is 65.2 Å². The maximum absolute atomic E-state index is 11.3. The lowest BCUT2D eigenvalue weighted by Crippen LogP contribution is -2.42. The Morgan fingerprint density at radius 1 is 1.50 bits per heavy atom. The van der Waals surface area contributed by atoms with Gasteiger partial charge in [0.25, 0.3) is 0 Å². The Morgan fingerprint density at radius 2 is 2.38 bits per heavy atom. The van der Waals surface area contributed by atoms with Crippen LogP contribution in [-0.2, 0) is 19.0 Å². The molecule has 0 aromatic carbocycles. The van der Waals surface area contributed by atoms with Gasteiger partial charge in [-0.3, -0.25) is 4.79 Å². The lowest BCUT2D eigenvalue weighted by Gasteiger charge is -2.23. The van der Waals surface area contributed by atoms with Gasteiger partial charge in [0.2, 0.25) is 5.91 Å². The van der Waals surface area contributed by atoms with E-state index in [-0.39, 0.29) is 12.0 Å². The predicted octanol–water partition coefficient (Wildman–Crippen LogP) is -1.25. The molecule has 2 N–H and O–H groups in total. The van der Waals surface area contributed by atoms with Crippen LogP contribution >= 0.6 is 0 Å². The number of hydrogen-bond donors (Lipinski definition) is 2. The number of amides is 1. The topological polar surface area (TPSA) is 68.8 Å². The first-order chi connectivity index (χ1) is 7.83. The monoisotopic (exact) mass is 232 g/mol. The second-order valence-corrected chi connectivity index (χ2v) is 3.54. The van der Waals surface area contributed by atoms with Gasteiger partial charge in [0.15, 0.2) is 0 Å². The van der Waals surface area contributed by atoms with E-state index in [4.69, 9.17) is 14.2 Å². The molecule has 1 rings (SSSR count). The highest BCUT2D eigenvalue weighted by molar-refractivity contribution is 5.77. The van der Waals surface area contributed by atoms with E-state index in [1.807, 2.05) is 0 Å². The van der Waals surface area contributed by atoms with Crippen LogP contribution < -0.4 is 10.6 Å². The van der Waals surface area contributed by atoms with Gasteiger partial charge in [-0.15, -0.1) is 0 Å². The largest absolute Gasteiger partial charge is 0.383 e. The van der Waals surface area contributed by atoms with Crippen LogP contribution in [0.1, 0.15) is 0 Å². The summed E-state index contributed by atoms with van der Waals surface area (Å²) < 4.78 is 15.5. The normalized spacial score (nSPS) is 20.7. The van der Waals surface area contributed by atoms with Crippen molar-refractivity contribution in [2.75, 3.05) is 53.2 Å². The van der Waals surface area contributed by atoms with Crippen LogP contribution in [0.5, 0.6) is 0 Å². The third-order valence-corrected chi connectivity index (χ3v) is 2.18. The fraction of sp³-hybridized carbons (Fsp3) is 0.900. The van der Waals surface area contributed by atoms with Crippen molar-refractivity contribution in [2.45, 2.75) is 6.10 Å². The van der Waals surface area contributed by atoms with Crippen molar-refractivity contribution in [1.82, 2.24) is 10.6 Å². The molecule has 0 aliphatic carbocycles. The van der Waals surface area contributed by atoms with E-state index in [0.29, 0.717) is 46.1 Å². The van der Waals surface area contributed by atoms with Crippen molar-refractivity contribution >= 4 is 5.91 Å². The Kier molecular flexibility index (Phi) is 7.07. The lowest BCUT2D eigenvalue weighted by atomic mass is 10.3. The standard InChI is InChI=1S/C10H20N2O4/c1-14-3-2-11-7-10(13)12-6-9-8-15-4-5-16-9/h9,11H,2-8H2,1H3,(H,12,13). The van der Waals surface area contributed by atoms with Crippen molar-refractivity contribution < 1.29 is 19.0 Å². The summed E-state index contributed by atoms with van der Waals surface area (Å²) in [5.41, 5.74) is 0. The van der Waals surface area contributed by atoms with Crippen LogP contribution in [0, 0.1) is 0 Å². The van der Waals surface area contributed by atoms with Crippen LogP contribution in [0.2, 0.25) is 0 Å². The maximum atomic E-state index is 11.3. The molecule has 0 aromatic heterocycles. The molecular weight excluding hydrogens is 212 g/mol. The molecule has 0 spiro atoms. The number of ether oxygens (including phenoxy) is 3. The molecule has 1 amide bonds. The smallest absolute Gasteiger partial charge is 0.234 e. The average Bonchev–Trinajstić information content (AvgIpc) is 2.33. The number of carbonyl (C=O) groups excluding carboxylic acids is 1. The third kappa shape index (κ3) is 6.02. The Balaban J connectivity index is 1.96. The van der Waals surface area contributed by atoms with Gasteiger partial charge in [-0.05, 0) is 0 Å². The Bertz CT molecular complexity index is 195. The van der Waals surface area contributed by atoms with E-state index in [1.165, 1.54) is 0 Å². The molecule has 0 aromatic rings. The molecule has 0 radical (unpaired) electrons. The van der Waals surface area contributed by atoms with E-state index in [0.717, 1.165) is 0 Å². The molecule has 1 heterocycles. The molecule has 1 aliphatic rings. The predicted molar refractivity (Wildman–Crippen MR) is 58.3 cm³/mol. The summed E-state index contributed by atoms with van der Waals surface area (Å²) in [7, 11) is 1.63. The molecule has 0 saturated carbocycles. The third-order valence-electron chi connectivity index (χ3n) is 2.18. The lowest BCUT2D eigenvalue weighted by molar-refractivity contribution is -0.123. The number of rotatable bonds is 7. The van der Waals surface area contributed by atoms with Gasteiger partial charge in [0.05, 0.1) is 39.1 Å². The van der Waals surface area contributed by atoms with Gasteiger partial charge in [-0.1, -0.05) is 0 Å². The number of nitrogens with one attached hydrogen (secondary N) is 2. The summed E-state index contributed by atoms with van der Waals surface area (Å²) in [5, 5.41) is 5.75. The first kappa shape index (κ1) is 13.4. The molecule has 1 saturated heterocycles. The van der Waals surface area contributed by atoms with Crippen molar-refractivity contribution in [2.24, 2.45) is 0 Å². The molecule has 1 unspecified atom stereocenters. The molecule has 16 heavy (non-hydrogen) atoms. The average molecular weight is 232 g/mol. The molecule has 94 valence electrons. The van der Waals surface area contributed by atoms with Crippen LogP contribution in [0.3, 0.4) is 0 Å². The van der Waals surface area contributed by atoms with Gasteiger partial charge >= 0.3 is 0 Å². The van der Waals surface area contributed by atoms with Gasteiger partial charge < -0.3 is 24.8 Å². The zero-order chi connectivity index (χ0) is 11.6. The van der Waals surface area contributed by atoms with Crippen molar-refractivity contribution in [1.29, 1.82) is 0 Å². The van der Waals surface area contributed by atoms with E-state index in [9.17, 15) is 4.79 Å². The first-order valence-electron chi connectivity index (χ1n) is 5.48. The second kappa shape index (κ2) is 8.46. The summed E-state index contributed by atoms with van der Waals surface area (Å²) >= 11 is 0. The quantitative estimate of drug-likeness (QED) is 0.537. The van der Waals surface area contributed by atoms with E-state index < -0.39 is 0 Å². The highest BCUT2D eigenvalue weighted by Crippen LogP contribution is 1.98. The summed E-state index contributed by atoms with van der Waals surface area (Å²) in [5.74, 6) is -0.0368. The van der Waals surface area contributed by atoms with E-state index in [1.54, 1.807) is 7.11 Å². The van der Waals surface area contributed by atoms with Crippen molar-refractivity contribution in [3.8, 4) is 0 Å². The fourth-order valence-corrected chi connectivity index (χ4v) is 1.32. The van der Waals surface area contributed by atoms with Crippen LogP contribution in [0.4, 0.5) is 0 Å². The van der Waals surface area contributed by atoms with Crippen LogP contribution in [0.25, 0.3) is 0 Å². The maximum Gasteiger partial charge on any atom is 0.234 e. The molecule has 0 bridgehead atoms. The van der Waals surface area contributed by atoms with E-state index >= 15 is 0 Å². The number of hydrogen-bond acceptors (Lipinski definition) is 5. The number of methoxy groups -OCH3 is 1. The summed E-state index contributed by atoms with van der Waals surface area (Å²) in [4.78, 5) is 11.3. The molecule has 1 aliphatic heterocycles. The highest BCUT2D eigenvalue weighted by atomic mass is 16.6. The SMILES string of the molecule is COCCNCC(=O)NCC1COCCO1.